The minimum Gasteiger partial charge on any atom is -0.495 e. The first-order valence-corrected chi connectivity index (χ1v) is 11.3. The van der Waals surface area contributed by atoms with Gasteiger partial charge in [0.25, 0.3) is 5.69 Å². The van der Waals surface area contributed by atoms with Crippen LogP contribution in [-0.2, 0) is 15.0 Å². The normalized spacial score (nSPS) is 26.2. The van der Waals surface area contributed by atoms with Crippen LogP contribution >= 0.6 is 0 Å². The Morgan fingerprint density at radius 2 is 1.59 bits per heavy atom. The molecule has 7 rings (SSSR count). The first kappa shape index (κ1) is 20.6. The van der Waals surface area contributed by atoms with Crippen LogP contribution in [0.1, 0.15) is 41.5 Å². The molecule has 7 nitrogen and oxygen atoms in total. The van der Waals surface area contributed by atoms with Crippen molar-refractivity contribution in [3.63, 3.8) is 0 Å². The van der Waals surface area contributed by atoms with Crippen LogP contribution in [0.25, 0.3) is 0 Å². The van der Waals surface area contributed by atoms with Crippen molar-refractivity contribution in [1.29, 1.82) is 0 Å². The number of nitro groups is 1. The molecule has 0 saturated carbocycles. The molecule has 1 saturated heterocycles. The van der Waals surface area contributed by atoms with Crippen molar-refractivity contribution < 1.29 is 19.2 Å². The number of methoxy groups -OCH3 is 1. The van der Waals surface area contributed by atoms with Crippen LogP contribution in [0.15, 0.2) is 66.7 Å². The molecule has 34 heavy (non-hydrogen) atoms. The van der Waals surface area contributed by atoms with Gasteiger partial charge in [0, 0.05) is 23.5 Å². The minimum atomic E-state index is -0.651. The molecule has 1 aliphatic heterocycles. The molecule has 0 radical (unpaired) electrons. The van der Waals surface area contributed by atoms with Gasteiger partial charge < -0.3 is 4.74 Å². The number of carbonyl (C=O) groups excluding carboxylic acids is 2. The smallest absolute Gasteiger partial charge is 0.271 e. The zero-order valence-electron chi connectivity index (χ0n) is 18.7. The van der Waals surface area contributed by atoms with E-state index in [2.05, 4.69) is 31.2 Å². The highest BCUT2D eigenvalue weighted by atomic mass is 16.6. The van der Waals surface area contributed by atoms with Crippen LogP contribution in [0.2, 0.25) is 0 Å². The van der Waals surface area contributed by atoms with Gasteiger partial charge in [-0.15, -0.1) is 0 Å². The Bertz CT molecular complexity index is 1350. The molecule has 2 amide bonds. The van der Waals surface area contributed by atoms with E-state index in [1.54, 1.807) is 0 Å². The average molecular weight is 454 g/mol. The van der Waals surface area contributed by atoms with Crippen LogP contribution in [0.5, 0.6) is 5.75 Å². The summed E-state index contributed by atoms with van der Waals surface area (Å²) >= 11 is 0. The second-order valence-corrected chi connectivity index (χ2v) is 9.11. The summed E-state index contributed by atoms with van der Waals surface area (Å²) in [4.78, 5) is 40.3. The monoisotopic (exact) mass is 454 g/mol. The number of anilines is 1. The van der Waals surface area contributed by atoms with Crippen LogP contribution in [-0.4, -0.2) is 23.8 Å². The lowest BCUT2D eigenvalue weighted by Crippen LogP contribution is -2.53. The second-order valence-electron chi connectivity index (χ2n) is 9.11. The molecule has 0 aromatic heterocycles. The molecule has 4 aliphatic rings. The predicted octanol–water partition coefficient (Wildman–Crippen LogP) is 4.56. The first-order valence-electron chi connectivity index (χ1n) is 11.3. The van der Waals surface area contributed by atoms with Gasteiger partial charge in [0.2, 0.25) is 11.8 Å². The van der Waals surface area contributed by atoms with Crippen LogP contribution in [0.4, 0.5) is 11.4 Å². The Labute approximate surface area is 196 Å². The van der Waals surface area contributed by atoms with Crippen molar-refractivity contribution in [3.8, 4) is 5.75 Å². The number of ether oxygens (including phenoxy) is 1. The van der Waals surface area contributed by atoms with E-state index in [-0.39, 0.29) is 34.9 Å². The molecule has 2 atom stereocenters. The van der Waals surface area contributed by atoms with Crippen LogP contribution in [0, 0.1) is 22.0 Å². The number of nitrogens with zero attached hydrogens (tertiary/aromatic N) is 2. The predicted molar refractivity (Wildman–Crippen MR) is 125 cm³/mol. The minimum absolute atomic E-state index is 0.125. The average Bonchev–Trinajstić information content (AvgIpc) is 3.14. The van der Waals surface area contributed by atoms with E-state index >= 15 is 0 Å². The number of imide groups is 1. The Morgan fingerprint density at radius 1 is 0.971 bits per heavy atom. The van der Waals surface area contributed by atoms with E-state index in [9.17, 15) is 19.7 Å². The second kappa shape index (κ2) is 7.00. The van der Waals surface area contributed by atoms with Crippen molar-refractivity contribution in [3.05, 3.63) is 99.1 Å². The molecule has 0 N–H and O–H groups in total. The van der Waals surface area contributed by atoms with Gasteiger partial charge in [-0.1, -0.05) is 55.5 Å². The van der Waals surface area contributed by atoms with Crippen molar-refractivity contribution >= 4 is 23.2 Å². The maximum Gasteiger partial charge on any atom is 0.271 e. The van der Waals surface area contributed by atoms with Gasteiger partial charge in [-0.05, 0) is 34.7 Å². The standard InChI is InChI=1S/C27H22N2O5/c1-3-27-18-10-6-4-8-16(18)22(17-9-5-7-11-19(17)27)23-24(27)26(31)28(25(23)30)20-14-15(29(32)33)12-13-21(20)34-2/h4-14,22-24H,3H2,1-2H3/t22?,23-,24-,27?/m0/s1. The summed E-state index contributed by atoms with van der Waals surface area (Å²) in [6.07, 6.45) is 0.647. The van der Waals surface area contributed by atoms with Gasteiger partial charge in [-0.3, -0.25) is 19.7 Å². The van der Waals surface area contributed by atoms with Gasteiger partial charge >= 0.3 is 0 Å². The molecule has 7 heteroatoms. The van der Waals surface area contributed by atoms with E-state index in [1.165, 1.54) is 25.3 Å². The fourth-order valence-corrected chi connectivity index (χ4v) is 6.73. The molecule has 3 aliphatic carbocycles. The number of amides is 2. The summed E-state index contributed by atoms with van der Waals surface area (Å²) < 4.78 is 5.42. The van der Waals surface area contributed by atoms with E-state index in [1.807, 2.05) is 24.3 Å². The Balaban J connectivity index is 1.62. The number of benzene rings is 3. The number of hydrogen-bond acceptors (Lipinski definition) is 5. The molecule has 3 aromatic rings. The topological polar surface area (TPSA) is 89.8 Å². The first-order chi connectivity index (χ1) is 16.5. The highest BCUT2D eigenvalue weighted by molar-refractivity contribution is 6.24. The molecule has 0 unspecified atom stereocenters. The van der Waals surface area contributed by atoms with E-state index < -0.39 is 22.2 Å². The summed E-state index contributed by atoms with van der Waals surface area (Å²) in [6.45, 7) is 2.06. The number of rotatable bonds is 4. The molecule has 3 aromatic carbocycles. The maximum absolute atomic E-state index is 14.2. The summed E-state index contributed by atoms with van der Waals surface area (Å²) in [7, 11) is 1.42. The zero-order valence-corrected chi connectivity index (χ0v) is 18.7. The molecule has 2 bridgehead atoms. The lowest BCUT2D eigenvalue weighted by atomic mass is 9.46. The lowest BCUT2D eigenvalue weighted by molar-refractivity contribution is -0.384. The van der Waals surface area contributed by atoms with E-state index in [0.717, 1.165) is 27.2 Å². The van der Waals surface area contributed by atoms with Crippen molar-refractivity contribution in [1.82, 2.24) is 0 Å². The van der Waals surface area contributed by atoms with Crippen molar-refractivity contribution in [2.24, 2.45) is 11.8 Å². The quantitative estimate of drug-likeness (QED) is 0.327. The zero-order chi connectivity index (χ0) is 23.8. The highest BCUT2D eigenvalue weighted by Crippen LogP contribution is 2.65. The lowest BCUT2D eigenvalue weighted by Gasteiger charge is -2.54. The van der Waals surface area contributed by atoms with Gasteiger partial charge in [-0.2, -0.15) is 0 Å². The third-order valence-corrected chi connectivity index (χ3v) is 7.97. The Kier molecular flexibility index (Phi) is 4.24. The summed E-state index contributed by atoms with van der Waals surface area (Å²) in [5, 5.41) is 11.5. The maximum atomic E-state index is 14.2. The van der Waals surface area contributed by atoms with Crippen molar-refractivity contribution in [2.45, 2.75) is 24.7 Å². The van der Waals surface area contributed by atoms with Gasteiger partial charge in [0.05, 0.1) is 23.9 Å². The number of hydrogen-bond donors (Lipinski definition) is 0. The van der Waals surface area contributed by atoms with Crippen LogP contribution < -0.4 is 9.64 Å². The number of non-ortho nitro benzene ring substituents is 1. The molecular formula is C27H22N2O5. The van der Waals surface area contributed by atoms with Gasteiger partial charge in [0.1, 0.15) is 11.4 Å². The van der Waals surface area contributed by atoms with Crippen molar-refractivity contribution in [2.75, 3.05) is 12.0 Å². The number of carbonyl (C=O) groups is 2. The Morgan fingerprint density at radius 3 is 2.15 bits per heavy atom. The summed E-state index contributed by atoms with van der Waals surface area (Å²) in [5.74, 6) is -1.84. The molecule has 1 heterocycles. The Hall–Kier alpha value is -4.00. The highest BCUT2D eigenvalue weighted by Gasteiger charge is 2.67. The SMILES string of the molecule is CCC12c3ccccc3C(c3ccccc31)[C@@H]1C(=O)N(c3cc([N+](=O)[O-])ccc3OC)C(=O)[C@H]12. The third-order valence-electron chi connectivity index (χ3n) is 7.97. The molecule has 170 valence electrons. The fraction of sp³-hybridized carbons (Fsp3) is 0.259. The molecular weight excluding hydrogens is 432 g/mol. The molecule has 1 fully saturated rings. The number of nitro benzene ring substituents is 1. The summed E-state index contributed by atoms with van der Waals surface area (Å²) in [6, 6.07) is 20.2. The van der Waals surface area contributed by atoms with E-state index in [4.69, 9.17) is 4.74 Å². The third kappa shape index (κ3) is 2.31. The summed E-state index contributed by atoms with van der Waals surface area (Å²) in [5.41, 5.74) is 3.62. The van der Waals surface area contributed by atoms with E-state index in [0.29, 0.717) is 6.42 Å². The van der Waals surface area contributed by atoms with Crippen LogP contribution in [0.3, 0.4) is 0 Å². The molecule has 0 spiro atoms. The van der Waals surface area contributed by atoms with Gasteiger partial charge in [0.15, 0.2) is 0 Å². The van der Waals surface area contributed by atoms with Gasteiger partial charge in [-0.25, -0.2) is 4.90 Å². The largest absolute Gasteiger partial charge is 0.495 e. The fourth-order valence-electron chi connectivity index (χ4n) is 6.73.